The smallest absolute Gasteiger partial charge is 0.0807 e. The summed E-state index contributed by atoms with van der Waals surface area (Å²) in [5.74, 6) is 0. The molecule has 21 heavy (non-hydrogen) atoms. The molecule has 0 aliphatic carbocycles. The SMILES string of the molecule is C=CCCCCCOCCOCC(CC)OCC(O)CC. The van der Waals surface area contributed by atoms with E-state index in [1.165, 1.54) is 12.8 Å². The first-order chi connectivity index (χ1) is 10.2. The van der Waals surface area contributed by atoms with Crippen LogP contribution >= 0.6 is 0 Å². The summed E-state index contributed by atoms with van der Waals surface area (Å²) in [4.78, 5) is 0. The van der Waals surface area contributed by atoms with Gasteiger partial charge < -0.3 is 19.3 Å². The van der Waals surface area contributed by atoms with Gasteiger partial charge in [-0.1, -0.05) is 26.3 Å². The van der Waals surface area contributed by atoms with Gasteiger partial charge in [0.25, 0.3) is 0 Å². The Balaban J connectivity index is 3.33. The van der Waals surface area contributed by atoms with Gasteiger partial charge in [-0.15, -0.1) is 6.58 Å². The summed E-state index contributed by atoms with van der Waals surface area (Å²) >= 11 is 0. The first-order valence-electron chi connectivity index (χ1n) is 8.30. The maximum atomic E-state index is 9.46. The van der Waals surface area contributed by atoms with Crippen LogP contribution in [0.25, 0.3) is 0 Å². The molecule has 0 saturated carbocycles. The molecule has 2 unspecified atom stereocenters. The highest BCUT2D eigenvalue weighted by atomic mass is 16.6. The summed E-state index contributed by atoms with van der Waals surface area (Å²) in [7, 11) is 0. The van der Waals surface area contributed by atoms with Gasteiger partial charge >= 0.3 is 0 Å². The van der Waals surface area contributed by atoms with E-state index < -0.39 is 0 Å². The van der Waals surface area contributed by atoms with Gasteiger partial charge in [0.15, 0.2) is 0 Å². The molecule has 0 saturated heterocycles. The summed E-state index contributed by atoms with van der Waals surface area (Å²) in [6.45, 7) is 10.7. The zero-order chi connectivity index (χ0) is 15.8. The largest absolute Gasteiger partial charge is 0.391 e. The number of hydrogen-bond donors (Lipinski definition) is 1. The van der Waals surface area contributed by atoms with E-state index >= 15 is 0 Å². The fourth-order valence-electron chi connectivity index (χ4n) is 1.75. The molecule has 0 heterocycles. The Morgan fingerprint density at radius 3 is 2.38 bits per heavy atom. The number of hydrogen-bond acceptors (Lipinski definition) is 4. The van der Waals surface area contributed by atoms with Gasteiger partial charge in [-0.2, -0.15) is 0 Å². The molecule has 0 spiro atoms. The molecule has 0 rings (SSSR count). The van der Waals surface area contributed by atoms with Gasteiger partial charge in [-0.05, 0) is 32.1 Å². The summed E-state index contributed by atoms with van der Waals surface area (Å²) < 4.78 is 16.7. The topological polar surface area (TPSA) is 47.9 Å². The molecule has 0 amide bonds. The molecular weight excluding hydrogens is 268 g/mol. The minimum absolute atomic E-state index is 0.0603. The Morgan fingerprint density at radius 2 is 1.71 bits per heavy atom. The van der Waals surface area contributed by atoms with Crippen LogP contribution in [0.15, 0.2) is 12.7 Å². The lowest BCUT2D eigenvalue weighted by atomic mass is 10.2. The Labute approximate surface area is 130 Å². The van der Waals surface area contributed by atoms with Crippen LogP contribution in [-0.4, -0.2) is 50.3 Å². The molecule has 1 N–H and O–H groups in total. The lowest BCUT2D eigenvalue weighted by Gasteiger charge is -2.18. The third-order valence-corrected chi connectivity index (χ3v) is 3.32. The summed E-state index contributed by atoms with van der Waals surface area (Å²) in [5, 5.41) is 9.46. The van der Waals surface area contributed by atoms with Crippen molar-refractivity contribution in [3.8, 4) is 0 Å². The van der Waals surface area contributed by atoms with Crippen LogP contribution in [0.5, 0.6) is 0 Å². The second kappa shape index (κ2) is 16.0. The van der Waals surface area contributed by atoms with Crippen molar-refractivity contribution in [1.82, 2.24) is 0 Å². The van der Waals surface area contributed by atoms with E-state index in [-0.39, 0.29) is 12.2 Å². The van der Waals surface area contributed by atoms with Gasteiger partial charge in [0.2, 0.25) is 0 Å². The number of allylic oxidation sites excluding steroid dienone is 1. The Hall–Kier alpha value is -0.420. The Morgan fingerprint density at radius 1 is 0.952 bits per heavy atom. The number of aliphatic hydroxyl groups is 1. The summed E-state index contributed by atoms with van der Waals surface area (Å²) in [5.41, 5.74) is 0. The third kappa shape index (κ3) is 14.3. The quantitative estimate of drug-likeness (QED) is 0.351. The van der Waals surface area contributed by atoms with E-state index in [1.54, 1.807) is 0 Å². The Bertz CT molecular complexity index is 221. The van der Waals surface area contributed by atoms with Crippen molar-refractivity contribution in [1.29, 1.82) is 0 Å². The minimum atomic E-state index is -0.372. The lowest BCUT2D eigenvalue weighted by Crippen LogP contribution is -2.25. The van der Waals surface area contributed by atoms with Crippen molar-refractivity contribution >= 4 is 0 Å². The highest BCUT2D eigenvalue weighted by Crippen LogP contribution is 2.02. The van der Waals surface area contributed by atoms with E-state index in [0.717, 1.165) is 32.3 Å². The number of rotatable bonds is 16. The Kier molecular flexibility index (Phi) is 15.6. The normalized spacial score (nSPS) is 14.0. The second-order valence-corrected chi connectivity index (χ2v) is 5.25. The van der Waals surface area contributed by atoms with Crippen LogP contribution in [0.2, 0.25) is 0 Å². The van der Waals surface area contributed by atoms with Crippen LogP contribution < -0.4 is 0 Å². The van der Waals surface area contributed by atoms with Crippen molar-refractivity contribution in [3.63, 3.8) is 0 Å². The number of aliphatic hydroxyl groups excluding tert-OH is 1. The fourth-order valence-corrected chi connectivity index (χ4v) is 1.75. The van der Waals surface area contributed by atoms with E-state index in [0.29, 0.717) is 26.4 Å². The molecule has 4 nitrogen and oxygen atoms in total. The van der Waals surface area contributed by atoms with E-state index in [4.69, 9.17) is 14.2 Å². The van der Waals surface area contributed by atoms with Crippen molar-refractivity contribution in [2.45, 2.75) is 64.6 Å². The van der Waals surface area contributed by atoms with Crippen molar-refractivity contribution in [2.24, 2.45) is 0 Å². The molecule has 0 aromatic carbocycles. The number of unbranched alkanes of at least 4 members (excludes halogenated alkanes) is 3. The maximum absolute atomic E-state index is 9.46. The third-order valence-electron chi connectivity index (χ3n) is 3.32. The van der Waals surface area contributed by atoms with Gasteiger partial charge in [0.05, 0.1) is 38.6 Å². The molecule has 0 aromatic rings. The van der Waals surface area contributed by atoms with Crippen LogP contribution in [0.3, 0.4) is 0 Å². The highest BCUT2D eigenvalue weighted by Gasteiger charge is 2.09. The van der Waals surface area contributed by atoms with Crippen LogP contribution in [-0.2, 0) is 14.2 Å². The lowest BCUT2D eigenvalue weighted by molar-refractivity contribution is -0.0578. The molecule has 0 aromatic heterocycles. The predicted octanol–water partition coefficient (Wildman–Crippen LogP) is 3.33. The molecule has 0 bridgehead atoms. The molecular formula is C17H34O4. The van der Waals surface area contributed by atoms with Gasteiger partial charge in [-0.3, -0.25) is 0 Å². The fraction of sp³-hybridized carbons (Fsp3) is 0.882. The van der Waals surface area contributed by atoms with Crippen LogP contribution in [0.4, 0.5) is 0 Å². The predicted molar refractivity (Wildman–Crippen MR) is 86.6 cm³/mol. The first kappa shape index (κ1) is 20.6. The summed E-state index contributed by atoms with van der Waals surface area (Å²) in [6, 6.07) is 0. The first-order valence-corrected chi connectivity index (χ1v) is 8.30. The standard InChI is InChI=1S/C17H34O4/c1-4-7-8-9-10-11-19-12-13-20-15-17(6-3)21-14-16(18)5-2/h4,16-18H,1,5-15H2,2-3H3. The van der Waals surface area contributed by atoms with Crippen molar-refractivity contribution < 1.29 is 19.3 Å². The zero-order valence-corrected chi connectivity index (χ0v) is 13.9. The van der Waals surface area contributed by atoms with Gasteiger partial charge in [-0.25, -0.2) is 0 Å². The molecule has 0 radical (unpaired) electrons. The average molecular weight is 302 g/mol. The van der Waals surface area contributed by atoms with Crippen molar-refractivity contribution in [3.05, 3.63) is 12.7 Å². The minimum Gasteiger partial charge on any atom is -0.391 e. The molecule has 0 fully saturated rings. The van der Waals surface area contributed by atoms with E-state index in [2.05, 4.69) is 13.5 Å². The molecule has 2 atom stereocenters. The second-order valence-electron chi connectivity index (χ2n) is 5.25. The van der Waals surface area contributed by atoms with Crippen molar-refractivity contribution in [2.75, 3.05) is 33.0 Å². The van der Waals surface area contributed by atoms with Gasteiger partial charge in [0.1, 0.15) is 0 Å². The molecule has 0 aliphatic rings. The highest BCUT2D eigenvalue weighted by molar-refractivity contribution is 4.65. The van der Waals surface area contributed by atoms with E-state index in [9.17, 15) is 5.11 Å². The van der Waals surface area contributed by atoms with E-state index in [1.807, 2.05) is 13.0 Å². The average Bonchev–Trinajstić information content (AvgIpc) is 2.51. The molecule has 126 valence electrons. The molecule has 4 heteroatoms. The van der Waals surface area contributed by atoms with Crippen LogP contribution in [0, 0.1) is 0 Å². The molecule has 0 aliphatic heterocycles. The van der Waals surface area contributed by atoms with Gasteiger partial charge in [0, 0.05) is 6.61 Å². The van der Waals surface area contributed by atoms with Crippen LogP contribution in [0.1, 0.15) is 52.4 Å². The number of ether oxygens (including phenoxy) is 3. The zero-order valence-electron chi connectivity index (χ0n) is 13.9. The monoisotopic (exact) mass is 302 g/mol. The maximum Gasteiger partial charge on any atom is 0.0807 e. The summed E-state index contributed by atoms with van der Waals surface area (Å²) in [6.07, 6.45) is 7.84.